The van der Waals surface area contributed by atoms with E-state index in [4.69, 9.17) is 16.4 Å². The summed E-state index contributed by atoms with van der Waals surface area (Å²) in [5.41, 5.74) is 2.84. The molecule has 1 N–H and O–H groups in total. The molecule has 2 aromatic heterocycles. The van der Waals surface area contributed by atoms with Crippen LogP contribution < -0.4 is 0 Å². The monoisotopic (exact) mass is 412 g/mol. The third-order valence-electron chi connectivity index (χ3n) is 4.37. The third kappa shape index (κ3) is 3.76. The molecule has 0 saturated carbocycles. The highest BCUT2D eigenvalue weighted by molar-refractivity contribution is 7.91. The van der Waals surface area contributed by atoms with Gasteiger partial charge in [-0.15, -0.1) is 11.3 Å². The minimum Gasteiger partial charge on any atom is -0.256 e. The number of thiophene rings is 1. The summed E-state index contributed by atoms with van der Waals surface area (Å²) in [6.07, 6.45) is 3.83. The minimum atomic E-state index is -2.78. The Morgan fingerprint density at radius 1 is 1.11 bits per heavy atom. The van der Waals surface area contributed by atoms with Crippen LogP contribution in [-0.2, 0) is 16.1 Å². The standard InChI is InChI=1S/C21H17ClN2OS2/c1-27(23,25)17-9-10-24-20(13-17)18-7-4-6-15-12-16(26-21(15)18)11-14-5-2-3-8-19(14)22/h2-10,12-13,23H,11H2,1H3. The molecule has 27 heavy (non-hydrogen) atoms. The van der Waals surface area contributed by atoms with Gasteiger partial charge in [-0.2, -0.15) is 0 Å². The van der Waals surface area contributed by atoms with Crippen LogP contribution in [0.3, 0.4) is 0 Å². The molecule has 0 radical (unpaired) electrons. The number of nitrogens with zero attached hydrogens (tertiary/aromatic N) is 1. The number of hydrogen-bond donors (Lipinski definition) is 1. The summed E-state index contributed by atoms with van der Waals surface area (Å²) < 4.78 is 21.1. The number of pyridine rings is 1. The zero-order valence-corrected chi connectivity index (χ0v) is 17.0. The molecular formula is C21H17ClN2OS2. The summed E-state index contributed by atoms with van der Waals surface area (Å²) in [7, 11) is -2.78. The lowest BCUT2D eigenvalue weighted by Gasteiger charge is -2.06. The Morgan fingerprint density at radius 2 is 1.93 bits per heavy atom. The van der Waals surface area contributed by atoms with Gasteiger partial charge in [-0.05, 0) is 35.2 Å². The summed E-state index contributed by atoms with van der Waals surface area (Å²) in [5.74, 6) is 0. The quantitative estimate of drug-likeness (QED) is 0.431. The van der Waals surface area contributed by atoms with Crippen LogP contribution in [0, 0.1) is 4.78 Å². The minimum absolute atomic E-state index is 0.498. The third-order valence-corrected chi connectivity index (χ3v) is 7.08. The van der Waals surface area contributed by atoms with Gasteiger partial charge in [0.15, 0.2) is 0 Å². The molecule has 0 aliphatic carbocycles. The molecule has 4 rings (SSSR count). The summed E-state index contributed by atoms with van der Waals surface area (Å²) in [6, 6.07) is 19.6. The highest BCUT2D eigenvalue weighted by Gasteiger charge is 2.12. The predicted molar refractivity (Wildman–Crippen MR) is 114 cm³/mol. The number of benzene rings is 2. The first-order chi connectivity index (χ1) is 12.9. The molecule has 2 heterocycles. The molecule has 4 aromatic rings. The summed E-state index contributed by atoms with van der Waals surface area (Å²) in [5, 5.41) is 1.92. The van der Waals surface area contributed by atoms with Crippen molar-refractivity contribution >= 4 is 42.8 Å². The Labute approximate surface area is 167 Å². The van der Waals surface area contributed by atoms with Crippen molar-refractivity contribution in [1.29, 1.82) is 4.78 Å². The predicted octanol–water partition coefficient (Wildman–Crippen LogP) is 6.24. The Morgan fingerprint density at radius 3 is 2.70 bits per heavy atom. The molecule has 136 valence electrons. The number of halogens is 1. The fourth-order valence-corrected chi connectivity index (χ4v) is 5.10. The zero-order valence-electron chi connectivity index (χ0n) is 14.6. The summed E-state index contributed by atoms with van der Waals surface area (Å²) in [6.45, 7) is 0. The van der Waals surface area contributed by atoms with E-state index in [2.05, 4.69) is 17.1 Å². The Kier molecular flexibility index (Phi) is 4.76. The molecule has 0 spiro atoms. The first-order valence-corrected chi connectivity index (χ1v) is 11.5. The van der Waals surface area contributed by atoms with E-state index in [-0.39, 0.29) is 0 Å². The SMILES string of the molecule is CS(=N)(=O)c1ccnc(-c2cccc3cc(Cc4ccccc4Cl)sc23)c1. The normalized spacial score (nSPS) is 13.6. The topological polar surface area (TPSA) is 53.8 Å². The fourth-order valence-electron chi connectivity index (χ4n) is 3.04. The van der Waals surface area contributed by atoms with E-state index in [9.17, 15) is 4.21 Å². The average molecular weight is 413 g/mol. The van der Waals surface area contributed by atoms with Gasteiger partial charge < -0.3 is 0 Å². The Hall–Kier alpha value is -2.21. The number of aromatic nitrogens is 1. The van der Waals surface area contributed by atoms with E-state index >= 15 is 0 Å². The number of fused-ring (bicyclic) bond motifs is 1. The largest absolute Gasteiger partial charge is 0.256 e. The lowest BCUT2D eigenvalue weighted by Crippen LogP contribution is -1.96. The van der Waals surface area contributed by atoms with Crippen molar-refractivity contribution in [3.63, 3.8) is 0 Å². The molecular weight excluding hydrogens is 396 g/mol. The van der Waals surface area contributed by atoms with Gasteiger partial charge in [0.1, 0.15) is 0 Å². The Bertz CT molecular complexity index is 1250. The molecule has 0 saturated heterocycles. The van der Waals surface area contributed by atoms with Crippen molar-refractivity contribution in [1.82, 2.24) is 4.98 Å². The molecule has 2 aromatic carbocycles. The van der Waals surface area contributed by atoms with Gasteiger partial charge >= 0.3 is 0 Å². The summed E-state index contributed by atoms with van der Waals surface area (Å²) >= 11 is 8.03. The van der Waals surface area contributed by atoms with Crippen LogP contribution in [0.2, 0.25) is 5.02 Å². The van der Waals surface area contributed by atoms with Gasteiger partial charge in [0.25, 0.3) is 0 Å². The number of nitrogens with one attached hydrogen (secondary N) is 1. The number of rotatable bonds is 4. The zero-order chi connectivity index (χ0) is 19.0. The van der Waals surface area contributed by atoms with E-state index in [0.717, 1.165) is 38.4 Å². The fraction of sp³-hybridized carbons (Fsp3) is 0.0952. The van der Waals surface area contributed by atoms with Crippen molar-refractivity contribution < 1.29 is 4.21 Å². The van der Waals surface area contributed by atoms with Gasteiger partial charge in [0, 0.05) is 39.0 Å². The van der Waals surface area contributed by atoms with Crippen LogP contribution in [-0.4, -0.2) is 15.4 Å². The second kappa shape index (κ2) is 7.08. The average Bonchev–Trinajstić information content (AvgIpc) is 3.05. The van der Waals surface area contributed by atoms with Crippen molar-refractivity contribution in [2.45, 2.75) is 11.3 Å². The number of hydrogen-bond acceptors (Lipinski definition) is 4. The molecule has 0 amide bonds. The van der Waals surface area contributed by atoms with Crippen molar-refractivity contribution in [2.24, 2.45) is 0 Å². The van der Waals surface area contributed by atoms with E-state index in [1.54, 1.807) is 29.7 Å². The van der Waals surface area contributed by atoms with Crippen molar-refractivity contribution in [2.75, 3.05) is 6.26 Å². The highest BCUT2D eigenvalue weighted by Crippen LogP contribution is 2.36. The van der Waals surface area contributed by atoms with Crippen LogP contribution in [0.5, 0.6) is 0 Å². The van der Waals surface area contributed by atoms with Crippen LogP contribution in [0.4, 0.5) is 0 Å². The van der Waals surface area contributed by atoms with E-state index in [1.165, 1.54) is 11.1 Å². The van der Waals surface area contributed by atoms with E-state index in [1.807, 2.05) is 36.4 Å². The van der Waals surface area contributed by atoms with Gasteiger partial charge in [-0.3, -0.25) is 4.98 Å². The lowest BCUT2D eigenvalue weighted by atomic mass is 10.1. The van der Waals surface area contributed by atoms with Crippen LogP contribution in [0.25, 0.3) is 21.3 Å². The molecule has 0 fully saturated rings. The maximum absolute atomic E-state index is 12.1. The maximum Gasteiger partial charge on any atom is 0.0728 e. The van der Waals surface area contributed by atoms with Crippen molar-refractivity contribution in [3.8, 4) is 11.3 Å². The van der Waals surface area contributed by atoms with Crippen molar-refractivity contribution in [3.05, 3.63) is 82.3 Å². The lowest BCUT2D eigenvalue weighted by molar-refractivity contribution is 0.679. The molecule has 0 aliphatic rings. The second-order valence-electron chi connectivity index (χ2n) is 6.43. The van der Waals surface area contributed by atoms with Crippen LogP contribution in [0.15, 0.2) is 71.8 Å². The highest BCUT2D eigenvalue weighted by atomic mass is 35.5. The second-order valence-corrected chi connectivity index (χ2v) is 10.1. The van der Waals surface area contributed by atoms with Gasteiger partial charge in [0.05, 0.1) is 20.3 Å². The Balaban J connectivity index is 1.79. The van der Waals surface area contributed by atoms with Gasteiger partial charge in [-0.1, -0.05) is 48.0 Å². The van der Waals surface area contributed by atoms with Crippen LogP contribution >= 0.6 is 22.9 Å². The van der Waals surface area contributed by atoms with Crippen LogP contribution in [0.1, 0.15) is 10.4 Å². The molecule has 0 bridgehead atoms. The molecule has 6 heteroatoms. The first kappa shape index (κ1) is 18.2. The molecule has 3 nitrogen and oxygen atoms in total. The smallest absolute Gasteiger partial charge is 0.0728 e. The molecule has 0 aliphatic heterocycles. The first-order valence-electron chi connectivity index (χ1n) is 8.37. The maximum atomic E-state index is 12.1. The summed E-state index contributed by atoms with van der Waals surface area (Å²) in [4.78, 5) is 6.18. The molecule has 1 unspecified atom stereocenters. The van der Waals surface area contributed by atoms with Gasteiger partial charge in [-0.25, -0.2) is 8.99 Å². The molecule has 1 atom stereocenters. The van der Waals surface area contributed by atoms with E-state index in [0.29, 0.717) is 4.90 Å². The van der Waals surface area contributed by atoms with Gasteiger partial charge in [0.2, 0.25) is 0 Å². The van der Waals surface area contributed by atoms with E-state index < -0.39 is 9.73 Å².